The van der Waals surface area contributed by atoms with Crippen LogP contribution in [0.4, 0.5) is 43.4 Å². The summed E-state index contributed by atoms with van der Waals surface area (Å²) in [6.07, 6.45) is 9.10. The molecule has 3 fully saturated rings. The number of H-pyrrole nitrogens is 2. The highest BCUT2D eigenvalue weighted by Gasteiger charge is 2.32. The fraction of sp³-hybridized carbons (Fsp3) is 0.300. The minimum atomic E-state index is -4.07. The average molecular weight is 1040 g/mol. The lowest BCUT2D eigenvalue weighted by Gasteiger charge is -2.18. The molecule has 0 unspecified atom stereocenters. The quantitative estimate of drug-likeness (QED) is 0.0445. The van der Waals surface area contributed by atoms with Crippen LogP contribution in [0, 0.1) is 44.4 Å². The van der Waals surface area contributed by atoms with Crippen molar-refractivity contribution < 1.29 is 52.8 Å². The first-order valence-corrected chi connectivity index (χ1v) is 23.7. The van der Waals surface area contributed by atoms with Crippen LogP contribution in [0.25, 0.3) is 22.1 Å². The number of carbonyl (C=O) groups excluding carboxylic acids is 2. The van der Waals surface area contributed by atoms with Gasteiger partial charge in [-0.15, -0.1) is 0 Å². The molecular formula is C40H36F6IN9O6S2. The van der Waals surface area contributed by atoms with Crippen molar-refractivity contribution in [2.24, 2.45) is 5.92 Å². The van der Waals surface area contributed by atoms with Crippen molar-refractivity contribution in [3.63, 3.8) is 0 Å². The molecule has 1 aliphatic carbocycles. The van der Waals surface area contributed by atoms with Crippen LogP contribution >= 0.6 is 22.6 Å². The highest BCUT2D eigenvalue weighted by atomic mass is 127. The predicted octanol–water partition coefficient (Wildman–Crippen LogP) is 7.35. The van der Waals surface area contributed by atoms with Gasteiger partial charge in [0.05, 0.1) is 60.7 Å². The number of aromatic amines is 2. The summed E-state index contributed by atoms with van der Waals surface area (Å²) in [4.78, 5) is 39.4. The number of benzene rings is 2. The smallest absolute Gasteiger partial charge is 0.301 e. The Morgan fingerprint density at radius 2 is 1.09 bits per heavy atom. The number of nitrogens with one attached hydrogen (secondary N) is 5. The first kappa shape index (κ1) is 45.3. The fourth-order valence-corrected chi connectivity index (χ4v) is 10.7. The van der Waals surface area contributed by atoms with E-state index in [0.29, 0.717) is 38.1 Å². The number of rotatable bonds is 13. The van der Waals surface area contributed by atoms with Gasteiger partial charge in [-0.2, -0.15) is 25.4 Å². The molecule has 0 amide bonds. The molecule has 4 aromatic heterocycles. The first-order chi connectivity index (χ1) is 30.5. The van der Waals surface area contributed by atoms with E-state index in [0.717, 1.165) is 58.1 Å². The average Bonchev–Trinajstić information content (AvgIpc) is 3.79. The van der Waals surface area contributed by atoms with Crippen molar-refractivity contribution >= 4 is 93.7 Å². The summed E-state index contributed by atoms with van der Waals surface area (Å²) in [5.74, 6) is -8.16. The summed E-state index contributed by atoms with van der Waals surface area (Å²) in [7, 11) is -8.12. The summed E-state index contributed by atoms with van der Waals surface area (Å²) < 4.78 is 144. The van der Waals surface area contributed by atoms with Gasteiger partial charge in [0.2, 0.25) is 11.6 Å². The predicted molar refractivity (Wildman–Crippen MR) is 232 cm³/mol. The van der Waals surface area contributed by atoms with Crippen LogP contribution in [0.2, 0.25) is 0 Å². The number of aromatic nitrogens is 4. The number of pyridine rings is 2. The number of hydrogen-bond acceptors (Lipinski definition) is 9. The molecule has 338 valence electrons. The van der Waals surface area contributed by atoms with Crippen LogP contribution in [0.1, 0.15) is 70.4 Å². The van der Waals surface area contributed by atoms with E-state index in [4.69, 9.17) is 0 Å². The van der Waals surface area contributed by atoms with E-state index in [1.807, 2.05) is 0 Å². The molecule has 0 radical (unpaired) electrons. The van der Waals surface area contributed by atoms with E-state index in [1.165, 1.54) is 12.4 Å². The second kappa shape index (κ2) is 17.9. The molecule has 6 aromatic rings. The number of ketones is 2. The van der Waals surface area contributed by atoms with Crippen LogP contribution in [-0.2, 0) is 20.4 Å². The van der Waals surface area contributed by atoms with Gasteiger partial charge in [0.15, 0.2) is 23.3 Å². The van der Waals surface area contributed by atoms with Crippen LogP contribution in [0.15, 0.2) is 49.1 Å². The topological polar surface area (TPSA) is 202 Å². The van der Waals surface area contributed by atoms with Gasteiger partial charge in [0, 0.05) is 50.5 Å². The Labute approximate surface area is 374 Å². The van der Waals surface area contributed by atoms with Gasteiger partial charge in [0.1, 0.15) is 22.9 Å². The van der Waals surface area contributed by atoms with E-state index in [-0.39, 0.29) is 68.6 Å². The lowest BCUT2D eigenvalue weighted by Crippen LogP contribution is -2.33. The number of fused-ring (bicyclic) bond motifs is 2. The van der Waals surface area contributed by atoms with Crippen LogP contribution in [-0.4, -0.2) is 89.7 Å². The molecule has 1 saturated carbocycles. The van der Waals surface area contributed by atoms with Gasteiger partial charge in [-0.25, -0.2) is 36.3 Å². The zero-order valence-electron chi connectivity index (χ0n) is 33.2. The molecule has 24 heteroatoms. The monoisotopic (exact) mass is 1040 g/mol. The first-order valence-electron chi connectivity index (χ1n) is 19.8. The van der Waals surface area contributed by atoms with Gasteiger partial charge < -0.3 is 15.3 Å². The Morgan fingerprint density at radius 1 is 0.656 bits per heavy atom. The zero-order valence-corrected chi connectivity index (χ0v) is 37.0. The molecule has 5 N–H and O–H groups in total. The van der Waals surface area contributed by atoms with E-state index in [1.54, 1.807) is 22.6 Å². The van der Waals surface area contributed by atoms with Crippen molar-refractivity contribution in [3.8, 4) is 0 Å². The molecule has 0 spiro atoms. The third-order valence-electron chi connectivity index (χ3n) is 10.9. The third kappa shape index (κ3) is 8.88. The molecule has 6 heterocycles. The molecular weight excluding hydrogens is 1010 g/mol. The molecule has 2 aromatic carbocycles. The van der Waals surface area contributed by atoms with Gasteiger partial charge in [-0.05, 0) is 91.3 Å². The van der Waals surface area contributed by atoms with Gasteiger partial charge in [-0.3, -0.25) is 19.0 Å². The normalized spacial score (nSPS) is 16.0. The van der Waals surface area contributed by atoms with Crippen LogP contribution < -0.4 is 14.8 Å². The SMILES string of the molecule is O=C(c1c(F)ccc(NS(=O)(=O)N2CCCC2)c1F)c1c[nH]c2ncc(F)c(I)c12.O=C(c1c(F)ccc(NS(=O)(=O)N2CCCC2)c1F)c1c[nH]c2ncc(F)c(NCC3CC3)c12. The van der Waals surface area contributed by atoms with Crippen molar-refractivity contribution in [1.82, 2.24) is 28.5 Å². The lowest BCUT2D eigenvalue weighted by atomic mass is 10.0. The molecule has 0 bridgehead atoms. The van der Waals surface area contributed by atoms with Crippen LogP contribution in [0.5, 0.6) is 0 Å². The summed E-state index contributed by atoms with van der Waals surface area (Å²) in [6.45, 7) is 1.64. The van der Waals surface area contributed by atoms with E-state index in [9.17, 15) is 44.0 Å². The van der Waals surface area contributed by atoms with E-state index < -0.39 is 89.4 Å². The van der Waals surface area contributed by atoms with Gasteiger partial charge in [0.25, 0.3) is 0 Å². The zero-order chi connectivity index (χ0) is 45.7. The number of anilines is 3. The highest BCUT2D eigenvalue weighted by molar-refractivity contribution is 14.1. The summed E-state index contributed by atoms with van der Waals surface area (Å²) in [5, 5.41) is 3.14. The summed E-state index contributed by atoms with van der Waals surface area (Å²) in [6, 6.07) is 3.46. The molecule has 2 aliphatic heterocycles. The van der Waals surface area contributed by atoms with E-state index in [2.05, 4.69) is 34.7 Å². The van der Waals surface area contributed by atoms with E-state index >= 15 is 8.78 Å². The fourth-order valence-electron chi connectivity index (χ4n) is 7.42. The highest BCUT2D eigenvalue weighted by Crippen LogP contribution is 2.35. The second-order valence-electron chi connectivity index (χ2n) is 15.2. The molecule has 9 rings (SSSR count). The standard InChI is InChI=1S/C22H22F3N5O3S.C18H14F3IN4O3S/c23-14-5-6-16(29-34(32,33)30-7-1-2-8-30)19(25)18(14)21(31)13-10-27-22-17(13)20(15(24)11-28-22)26-9-12-3-4-12;19-10-3-4-12(25-30(28,29)26-5-1-2-6-26)15(21)14(10)17(27)9-7-23-18-13(9)16(22)11(20)8-24-18/h5-6,10-12,29H,1-4,7-9H2,(H2,26,27,28);3-4,7-8,25H,1-2,5-6H2,(H,23,24). The summed E-state index contributed by atoms with van der Waals surface area (Å²) in [5.41, 5.74) is -2.98. The van der Waals surface area contributed by atoms with Gasteiger partial charge in [-0.1, -0.05) is 0 Å². The number of hydrogen-bond donors (Lipinski definition) is 5. The molecule has 15 nitrogen and oxygen atoms in total. The lowest BCUT2D eigenvalue weighted by molar-refractivity contribution is 0.102. The molecule has 64 heavy (non-hydrogen) atoms. The van der Waals surface area contributed by atoms with Crippen molar-refractivity contribution in [3.05, 3.63) is 110 Å². The Morgan fingerprint density at radius 3 is 1.56 bits per heavy atom. The minimum Gasteiger partial charge on any atom is -0.382 e. The Balaban J connectivity index is 0.000000176. The van der Waals surface area contributed by atoms with Crippen molar-refractivity contribution in [2.75, 3.05) is 47.5 Å². The second-order valence-corrected chi connectivity index (χ2v) is 19.7. The maximum atomic E-state index is 15.3. The molecule has 2 saturated heterocycles. The Kier molecular flexibility index (Phi) is 12.7. The number of halogens is 7. The molecule has 0 atom stereocenters. The van der Waals surface area contributed by atoms with Crippen molar-refractivity contribution in [2.45, 2.75) is 38.5 Å². The Bertz CT molecular complexity index is 3070. The van der Waals surface area contributed by atoms with Gasteiger partial charge >= 0.3 is 20.4 Å². The number of nitrogens with zero attached hydrogens (tertiary/aromatic N) is 4. The van der Waals surface area contributed by atoms with Crippen molar-refractivity contribution in [1.29, 1.82) is 0 Å². The maximum absolute atomic E-state index is 15.3. The molecule has 3 aliphatic rings. The largest absolute Gasteiger partial charge is 0.382 e. The third-order valence-corrected chi connectivity index (χ3v) is 15.0. The minimum absolute atomic E-state index is 0.0215. The Hall–Kier alpha value is -5.31. The summed E-state index contributed by atoms with van der Waals surface area (Å²) >= 11 is 1.67. The number of carbonyl (C=O) groups is 2. The van der Waals surface area contributed by atoms with Crippen LogP contribution in [0.3, 0.4) is 0 Å². The maximum Gasteiger partial charge on any atom is 0.301 e.